The first-order valence-corrected chi connectivity index (χ1v) is 9.39. The van der Waals surface area contributed by atoms with E-state index < -0.39 is 0 Å². The maximum Gasteiger partial charge on any atom is 0.317 e. The number of aryl methyl sites for hydroxylation is 1. The van der Waals surface area contributed by atoms with Gasteiger partial charge < -0.3 is 10.2 Å². The van der Waals surface area contributed by atoms with Crippen molar-refractivity contribution in [3.8, 4) is 0 Å². The van der Waals surface area contributed by atoms with Crippen molar-refractivity contribution in [2.45, 2.75) is 31.8 Å². The summed E-state index contributed by atoms with van der Waals surface area (Å²) in [6.45, 7) is 3.61. The standard InChI is InChI=1S/C21H28N4O/c1-24(21(26)23-14-7-11-19-10-5-6-13-22-19)20-12-15-25(17-20)16-18-8-3-2-4-9-18/h2-6,8-10,13,20H,7,11-12,14-17H2,1H3,(H,23,26)/t20-/m0/s1. The summed E-state index contributed by atoms with van der Waals surface area (Å²) in [4.78, 5) is 21.0. The number of pyridine rings is 1. The molecule has 1 aliphatic rings. The minimum atomic E-state index is 0.0255. The van der Waals surface area contributed by atoms with Crippen LogP contribution in [-0.2, 0) is 13.0 Å². The molecule has 0 spiro atoms. The van der Waals surface area contributed by atoms with Crippen LogP contribution in [0.4, 0.5) is 4.79 Å². The number of carbonyl (C=O) groups excluding carboxylic acids is 1. The third-order valence-corrected chi connectivity index (χ3v) is 4.98. The summed E-state index contributed by atoms with van der Waals surface area (Å²) in [6, 6.07) is 16.8. The summed E-state index contributed by atoms with van der Waals surface area (Å²) in [6.07, 6.45) is 4.63. The molecule has 5 heteroatoms. The molecule has 5 nitrogen and oxygen atoms in total. The largest absolute Gasteiger partial charge is 0.338 e. The number of likely N-dealkylation sites (N-methyl/N-ethyl adjacent to an activating group) is 1. The molecule has 0 aliphatic carbocycles. The van der Waals surface area contributed by atoms with Crippen LogP contribution >= 0.6 is 0 Å². The Morgan fingerprint density at radius 3 is 2.81 bits per heavy atom. The molecule has 2 aromatic rings. The third kappa shape index (κ3) is 5.30. The minimum absolute atomic E-state index is 0.0255. The van der Waals surface area contributed by atoms with E-state index in [1.165, 1.54) is 5.56 Å². The number of rotatable bonds is 7. The van der Waals surface area contributed by atoms with Crippen molar-refractivity contribution < 1.29 is 4.79 Å². The Balaban J connectivity index is 1.37. The quantitative estimate of drug-likeness (QED) is 0.780. The monoisotopic (exact) mass is 352 g/mol. The fourth-order valence-electron chi connectivity index (χ4n) is 3.41. The van der Waals surface area contributed by atoms with Crippen molar-refractivity contribution in [1.29, 1.82) is 0 Å². The van der Waals surface area contributed by atoms with Gasteiger partial charge in [-0.3, -0.25) is 9.88 Å². The van der Waals surface area contributed by atoms with Crippen LogP contribution in [0.5, 0.6) is 0 Å². The lowest BCUT2D eigenvalue weighted by atomic mass is 10.2. The van der Waals surface area contributed by atoms with Gasteiger partial charge in [-0.15, -0.1) is 0 Å². The van der Waals surface area contributed by atoms with Crippen molar-refractivity contribution in [1.82, 2.24) is 20.1 Å². The lowest BCUT2D eigenvalue weighted by Crippen LogP contribution is -2.45. The number of carbonyl (C=O) groups is 1. The van der Waals surface area contributed by atoms with Crippen LogP contribution in [0.2, 0.25) is 0 Å². The Morgan fingerprint density at radius 1 is 1.23 bits per heavy atom. The summed E-state index contributed by atoms with van der Waals surface area (Å²) in [5.74, 6) is 0. The number of amides is 2. The Labute approximate surface area is 156 Å². The molecular formula is C21H28N4O. The van der Waals surface area contributed by atoms with E-state index >= 15 is 0 Å². The van der Waals surface area contributed by atoms with Gasteiger partial charge >= 0.3 is 6.03 Å². The second-order valence-corrected chi connectivity index (χ2v) is 6.93. The van der Waals surface area contributed by atoms with Crippen molar-refractivity contribution in [3.63, 3.8) is 0 Å². The van der Waals surface area contributed by atoms with E-state index in [0.717, 1.165) is 44.6 Å². The fourth-order valence-corrected chi connectivity index (χ4v) is 3.41. The highest BCUT2D eigenvalue weighted by Gasteiger charge is 2.28. The van der Waals surface area contributed by atoms with E-state index in [9.17, 15) is 4.79 Å². The second kappa shape index (κ2) is 9.34. The predicted octanol–water partition coefficient (Wildman–Crippen LogP) is 2.93. The molecule has 26 heavy (non-hydrogen) atoms. The lowest BCUT2D eigenvalue weighted by Gasteiger charge is -2.25. The normalized spacial score (nSPS) is 17.2. The van der Waals surface area contributed by atoms with Crippen LogP contribution in [0.3, 0.4) is 0 Å². The molecule has 0 saturated carbocycles. The highest BCUT2D eigenvalue weighted by atomic mass is 16.2. The molecule has 1 fully saturated rings. The van der Waals surface area contributed by atoms with Crippen LogP contribution in [0, 0.1) is 0 Å². The number of hydrogen-bond acceptors (Lipinski definition) is 3. The zero-order valence-corrected chi connectivity index (χ0v) is 15.5. The van der Waals surface area contributed by atoms with Crippen molar-refractivity contribution >= 4 is 6.03 Å². The number of likely N-dealkylation sites (tertiary alicyclic amines) is 1. The van der Waals surface area contributed by atoms with Crippen LogP contribution < -0.4 is 5.32 Å². The lowest BCUT2D eigenvalue weighted by molar-refractivity contribution is 0.188. The first-order chi connectivity index (χ1) is 12.7. The molecule has 1 aromatic heterocycles. The van der Waals surface area contributed by atoms with Crippen molar-refractivity contribution in [2.75, 3.05) is 26.7 Å². The number of benzene rings is 1. The Bertz CT molecular complexity index is 677. The summed E-state index contributed by atoms with van der Waals surface area (Å²) in [5.41, 5.74) is 2.40. The first kappa shape index (κ1) is 18.4. The Hall–Kier alpha value is -2.40. The number of hydrogen-bond donors (Lipinski definition) is 1. The molecule has 1 N–H and O–H groups in total. The highest BCUT2D eigenvalue weighted by molar-refractivity contribution is 5.74. The maximum atomic E-state index is 12.4. The summed E-state index contributed by atoms with van der Waals surface area (Å²) < 4.78 is 0. The maximum absolute atomic E-state index is 12.4. The molecule has 3 rings (SSSR count). The minimum Gasteiger partial charge on any atom is -0.338 e. The second-order valence-electron chi connectivity index (χ2n) is 6.93. The number of aromatic nitrogens is 1. The van der Waals surface area contributed by atoms with Crippen molar-refractivity contribution in [3.05, 3.63) is 66.0 Å². The molecular weight excluding hydrogens is 324 g/mol. The van der Waals surface area contributed by atoms with Gasteiger partial charge in [-0.05, 0) is 37.0 Å². The van der Waals surface area contributed by atoms with Gasteiger partial charge in [0.25, 0.3) is 0 Å². The van der Waals surface area contributed by atoms with Gasteiger partial charge in [-0.1, -0.05) is 36.4 Å². The average molecular weight is 352 g/mol. The van der Waals surface area contributed by atoms with Gasteiger partial charge in [0.2, 0.25) is 0 Å². The zero-order chi connectivity index (χ0) is 18.2. The summed E-state index contributed by atoms with van der Waals surface area (Å²) in [5, 5.41) is 3.03. The smallest absolute Gasteiger partial charge is 0.317 e. The van der Waals surface area contributed by atoms with Gasteiger partial charge in [0.15, 0.2) is 0 Å². The Kier molecular flexibility index (Phi) is 6.61. The molecule has 2 heterocycles. The van der Waals surface area contributed by atoms with Crippen LogP contribution in [0.1, 0.15) is 24.1 Å². The van der Waals surface area contributed by atoms with Gasteiger partial charge in [0, 0.05) is 51.2 Å². The van der Waals surface area contributed by atoms with E-state index in [1.54, 1.807) is 0 Å². The van der Waals surface area contributed by atoms with E-state index in [1.807, 2.05) is 42.4 Å². The molecule has 138 valence electrons. The number of nitrogens with one attached hydrogen (secondary N) is 1. The number of urea groups is 1. The van der Waals surface area contributed by atoms with E-state index in [0.29, 0.717) is 6.54 Å². The first-order valence-electron chi connectivity index (χ1n) is 9.39. The van der Waals surface area contributed by atoms with E-state index in [-0.39, 0.29) is 12.1 Å². The molecule has 1 aromatic carbocycles. The topological polar surface area (TPSA) is 48.5 Å². The fraction of sp³-hybridized carbons (Fsp3) is 0.429. The van der Waals surface area contributed by atoms with Gasteiger partial charge in [-0.2, -0.15) is 0 Å². The zero-order valence-electron chi connectivity index (χ0n) is 15.5. The average Bonchev–Trinajstić information content (AvgIpc) is 3.14. The molecule has 0 unspecified atom stereocenters. The molecule has 0 bridgehead atoms. The van der Waals surface area contributed by atoms with Crippen LogP contribution in [0.15, 0.2) is 54.7 Å². The van der Waals surface area contributed by atoms with Gasteiger partial charge in [0.05, 0.1) is 0 Å². The molecule has 1 atom stereocenters. The third-order valence-electron chi connectivity index (χ3n) is 4.98. The Morgan fingerprint density at radius 2 is 2.04 bits per heavy atom. The molecule has 0 radical (unpaired) electrons. The van der Waals surface area contributed by atoms with E-state index in [2.05, 4.69) is 39.5 Å². The van der Waals surface area contributed by atoms with Crippen LogP contribution in [0.25, 0.3) is 0 Å². The molecule has 1 aliphatic heterocycles. The summed E-state index contributed by atoms with van der Waals surface area (Å²) in [7, 11) is 1.91. The number of nitrogens with zero attached hydrogens (tertiary/aromatic N) is 3. The molecule has 1 saturated heterocycles. The highest BCUT2D eigenvalue weighted by Crippen LogP contribution is 2.17. The molecule has 2 amide bonds. The van der Waals surface area contributed by atoms with E-state index in [4.69, 9.17) is 0 Å². The SMILES string of the molecule is CN(C(=O)NCCCc1ccccn1)[C@H]1CCN(Cc2ccccc2)C1. The van der Waals surface area contributed by atoms with Crippen molar-refractivity contribution in [2.24, 2.45) is 0 Å². The van der Waals surface area contributed by atoms with Gasteiger partial charge in [-0.25, -0.2) is 4.79 Å². The van der Waals surface area contributed by atoms with Gasteiger partial charge in [0.1, 0.15) is 0 Å². The predicted molar refractivity (Wildman–Crippen MR) is 104 cm³/mol. The summed E-state index contributed by atoms with van der Waals surface area (Å²) >= 11 is 0. The van der Waals surface area contributed by atoms with Crippen LogP contribution in [-0.4, -0.2) is 53.5 Å².